The van der Waals surface area contributed by atoms with Gasteiger partial charge in [0.25, 0.3) is 0 Å². The summed E-state index contributed by atoms with van der Waals surface area (Å²) < 4.78 is 22.2. The maximum absolute atomic E-state index is 14.5. The third-order valence-electron chi connectivity index (χ3n) is 19.2. The van der Waals surface area contributed by atoms with Crippen LogP contribution in [0.1, 0.15) is 130 Å². The Balaban J connectivity index is 0.766. The van der Waals surface area contributed by atoms with Gasteiger partial charge < -0.3 is 9.47 Å². The van der Waals surface area contributed by atoms with Crippen molar-refractivity contribution in [2.75, 3.05) is 14.2 Å². The number of ketones is 3. The maximum Gasteiger partial charge on any atom is 0.214 e. The van der Waals surface area contributed by atoms with Gasteiger partial charge in [0.05, 0.1) is 58.0 Å². The van der Waals surface area contributed by atoms with Gasteiger partial charge in [-0.1, -0.05) is 52.0 Å². The summed E-state index contributed by atoms with van der Waals surface area (Å²) in [6, 6.07) is 40.9. The largest absolute Gasteiger partial charge is 0.495 e. The number of Topliss-reactive ketones (excluding diaryl/α,β-unsaturated/α-hetero) is 2. The van der Waals surface area contributed by atoms with E-state index in [-0.39, 0.29) is 89.4 Å². The lowest BCUT2D eigenvalue weighted by Gasteiger charge is -2.19. The van der Waals surface area contributed by atoms with Crippen molar-refractivity contribution in [2.24, 2.45) is 0 Å². The molecule has 101 heavy (non-hydrogen) atoms. The number of benzene rings is 4. The van der Waals surface area contributed by atoms with Crippen molar-refractivity contribution in [3.05, 3.63) is 195 Å². The Morgan fingerprint density at radius 1 is 0.416 bits per heavy atom. The minimum atomic E-state index is -0.512. The molecule has 8 heterocycles. The second kappa shape index (κ2) is 22.4. The van der Waals surface area contributed by atoms with E-state index in [9.17, 15) is 56.5 Å². The Bertz CT molecular complexity index is 6530. The van der Waals surface area contributed by atoms with Gasteiger partial charge in [-0.25, -0.2) is 9.97 Å². The Morgan fingerprint density at radius 3 is 1.17 bits per heavy atom. The average Bonchev–Trinajstić information content (AvgIpc) is 1.56. The maximum atomic E-state index is 14.5. The first kappa shape index (κ1) is 62.3. The topological polar surface area (TPSA) is 312 Å². The lowest BCUT2D eigenvalue weighted by atomic mass is 9.83. The smallest absolute Gasteiger partial charge is 0.214 e. The number of carbonyl (C=O) groups excluding carboxylic acids is 3. The van der Waals surface area contributed by atoms with Crippen molar-refractivity contribution in [1.29, 1.82) is 42.1 Å². The van der Waals surface area contributed by atoms with Crippen LogP contribution in [0.25, 0.3) is 117 Å². The molecule has 5 aliphatic rings. The van der Waals surface area contributed by atoms with Crippen molar-refractivity contribution in [3.63, 3.8) is 0 Å². The number of nitriles is 8. The zero-order valence-electron chi connectivity index (χ0n) is 53.0. The summed E-state index contributed by atoms with van der Waals surface area (Å²) in [5.74, 6) is -0.108. The summed E-state index contributed by atoms with van der Waals surface area (Å²) in [5, 5.41) is 79.8. The van der Waals surface area contributed by atoms with Crippen LogP contribution >= 0.6 is 79.7 Å². The lowest BCUT2D eigenvalue weighted by molar-refractivity contribution is 0.103. The van der Waals surface area contributed by atoms with Crippen LogP contribution < -0.4 is 9.47 Å². The molecule has 5 aliphatic carbocycles. The van der Waals surface area contributed by atoms with Gasteiger partial charge in [0.1, 0.15) is 105 Å². The molecule has 0 amide bonds. The van der Waals surface area contributed by atoms with Crippen LogP contribution in [-0.4, -0.2) is 50.3 Å². The number of carbonyl (C=O) groups is 3. The zero-order chi connectivity index (χ0) is 70.1. The Kier molecular flexibility index (Phi) is 13.8. The van der Waals surface area contributed by atoms with Crippen molar-refractivity contribution < 1.29 is 23.9 Å². The zero-order valence-corrected chi connectivity index (χ0v) is 58.7. The highest BCUT2D eigenvalue weighted by atomic mass is 32.1. The molecule has 4 aromatic carbocycles. The van der Waals surface area contributed by atoms with E-state index in [1.165, 1.54) is 46.9 Å². The standard InChI is InChI=1S/C77H34N12O5S7/c1-76(2)47-19-53(97-70(47)72-49(76)21-55(99-72)74-51(93-5)17-37(95-74)15-45-57(35(27-82)28-83)41-11-31(23-78)33(25-80)13-43(41)67(45)90)59-62-63(87-66-61(86-62)39-9-7-8-10-40(39)69(66)92)60(65-64(59)88-101-89-65)54-20-48-71(98-54)73-50(77(48,3)4)22-56(100-73)75-52(94-6)18-38(96-75)16-46-58(36(29-84)30-85)42-12-32(24-79)34(26-81)14-44(42)68(46)91/h7-22H,1-6H3/b45-15-,46-16-. The number of thiophene rings is 6. The Labute approximate surface area is 601 Å². The minimum absolute atomic E-state index is 0.00491. The number of nitrogens with zero attached hydrogens (tertiary/aromatic N) is 12. The second-order valence-electron chi connectivity index (χ2n) is 25.0. The van der Waals surface area contributed by atoms with Gasteiger partial charge in [-0.15, -0.1) is 68.0 Å². The molecule has 24 heteroatoms. The van der Waals surface area contributed by atoms with Gasteiger partial charge in [0.15, 0.2) is 11.6 Å². The molecular weight excluding hydrogens is 1400 g/mol. The van der Waals surface area contributed by atoms with Crippen molar-refractivity contribution in [1.82, 2.24) is 18.7 Å². The van der Waals surface area contributed by atoms with Crippen LogP contribution in [0.3, 0.4) is 0 Å². The van der Waals surface area contributed by atoms with Crippen LogP contribution in [0.2, 0.25) is 0 Å². The van der Waals surface area contributed by atoms with Crippen LogP contribution in [0, 0.1) is 90.6 Å². The van der Waals surface area contributed by atoms with E-state index in [4.69, 9.17) is 28.2 Å². The summed E-state index contributed by atoms with van der Waals surface area (Å²) in [4.78, 5) is 64.4. The molecule has 0 atom stereocenters. The monoisotopic (exact) mass is 1430 g/mol. The van der Waals surface area contributed by atoms with Crippen LogP contribution in [-0.2, 0) is 10.8 Å². The lowest BCUT2D eigenvalue weighted by Crippen LogP contribution is -2.13. The van der Waals surface area contributed by atoms with Crippen molar-refractivity contribution in [2.45, 2.75) is 38.5 Å². The average molecular weight is 1430 g/mol. The van der Waals surface area contributed by atoms with Gasteiger partial charge >= 0.3 is 0 Å². The van der Waals surface area contributed by atoms with Crippen molar-refractivity contribution >= 4 is 142 Å². The second-order valence-corrected chi connectivity index (χ2v) is 31.9. The molecule has 0 unspecified atom stereocenters. The van der Waals surface area contributed by atoms with E-state index in [2.05, 4.69) is 52.0 Å². The van der Waals surface area contributed by atoms with Gasteiger partial charge in [-0.3, -0.25) is 14.4 Å². The summed E-state index contributed by atoms with van der Waals surface area (Å²) in [6.45, 7) is 8.77. The molecule has 0 saturated heterocycles. The molecule has 0 fully saturated rings. The number of rotatable bonds is 8. The molecule has 0 spiro atoms. The molecule has 0 aliphatic heterocycles. The highest BCUT2D eigenvalue weighted by Crippen LogP contribution is 2.63. The summed E-state index contributed by atoms with van der Waals surface area (Å²) in [6.07, 6.45) is 3.25. The number of aromatic nitrogens is 4. The molecule has 12 aromatic rings. The number of ether oxygens (including phenoxy) is 2. The normalized spacial score (nSPS) is 15.0. The van der Waals surface area contributed by atoms with E-state index in [0.717, 1.165) is 88.3 Å². The van der Waals surface area contributed by atoms with Crippen LogP contribution in [0.5, 0.6) is 11.5 Å². The first-order valence-corrected chi connectivity index (χ1v) is 36.2. The van der Waals surface area contributed by atoms with Gasteiger partial charge in [-0.05, 0) is 106 Å². The number of hydrogen-bond donors (Lipinski definition) is 0. The van der Waals surface area contributed by atoms with E-state index < -0.39 is 22.4 Å². The summed E-state index contributed by atoms with van der Waals surface area (Å²) in [7, 11) is 3.14. The fraction of sp³-hybridized carbons (Fsp3) is 0.104. The van der Waals surface area contributed by atoms with Crippen molar-refractivity contribution in [3.8, 4) is 131 Å². The first-order valence-electron chi connectivity index (χ1n) is 30.5. The first-order chi connectivity index (χ1) is 48.8. The van der Waals surface area contributed by atoms with E-state index in [1.807, 2.05) is 78.9 Å². The SMILES string of the molecule is COc1cc(/C=C2\C(=O)c3cc(C#N)c(C#N)cc3C2=C(C#N)C#N)sc1-c1cc2c(s1)-c1sc(-c3c4nsnc4c(-c4cc5c(s4)-c4sc(-c6sc(/C=C7\C(=O)c8cc(C#N)c(C#N)cc8C7=C(C#N)C#N)cc6OC)cc4C5(C)C)c4nc5c(nc34)C(=O)c3ccccc3-5)cc1C2(C)C. The van der Waals surface area contributed by atoms with Crippen LogP contribution in [0.4, 0.5) is 0 Å². The fourth-order valence-corrected chi connectivity index (χ4v) is 22.9. The summed E-state index contributed by atoms with van der Waals surface area (Å²) >= 11 is 10.3. The van der Waals surface area contributed by atoms with E-state index in [1.54, 1.807) is 77.8 Å². The fourth-order valence-electron chi connectivity index (χ4n) is 14.3. The Morgan fingerprint density at radius 2 is 0.782 bits per heavy atom. The van der Waals surface area contributed by atoms with Gasteiger partial charge in [0, 0.05) is 115 Å². The third kappa shape index (κ3) is 8.67. The predicted molar refractivity (Wildman–Crippen MR) is 389 cm³/mol. The molecule has 8 aromatic heterocycles. The quantitative estimate of drug-likeness (QED) is 0.101. The highest BCUT2D eigenvalue weighted by molar-refractivity contribution is 7.29. The Hall–Kier alpha value is -12.3. The number of allylic oxidation sites excluding steroid dienone is 6. The predicted octanol–water partition coefficient (Wildman–Crippen LogP) is 18.2. The van der Waals surface area contributed by atoms with Gasteiger partial charge in [-0.2, -0.15) is 50.8 Å². The molecule has 0 N–H and O–H groups in total. The van der Waals surface area contributed by atoms with E-state index >= 15 is 0 Å². The number of methoxy groups -OCH3 is 2. The molecule has 474 valence electrons. The van der Waals surface area contributed by atoms with Gasteiger partial charge in [0.2, 0.25) is 5.78 Å². The number of fused-ring (bicyclic) bond motifs is 13. The molecule has 0 saturated carbocycles. The molecule has 17 rings (SSSR count). The molecular formula is C77H34N12O5S7. The third-order valence-corrected chi connectivity index (χ3v) is 27.1. The molecule has 17 nitrogen and oxygen atoms in total. The molecule has 0 radical (unpaired) electrons. The number of hydrogen-bond acceptors (Lipinski definition) is 24. The van der Waals surface area contributed by atoms with Crippen LogP contribution in [0.15, 0.2) is 107 Å². The van der Waals surface area contributed by atoms with E-state index in [0.29, 0.717) is 65.7 Å². The molecule has 0 bridgehead atoms. The highest BCUT2D eigenvalue weighted by Gasteiger charge is 2.45. The summed E-state index contributed by atoms with van der Waals surface area (Å²) in [5.41, 5.74) is 9.60. The minimum Gasteiger partial charge on any atom is -0.495 e.